The molecular formula is C13H18. The van der Waals surface area contributed by atoms with Gasteiger partial charge in [0, 0.05) is 0 Å². The maximum absolute atomic E-state index is 3.74. The first kappa shape index (κ1) is 10.0. The van der Waals surface area contributed by atoms with Crippen LogP contribution >= 0.6 is 0 Å². The summed E-state index contributed by atoms with van der Waals surface area (Å²) in [6.45, 7) is 10.3. The standard InChI is InChI=1S/C13H18/c1-5-6-7-13-8-10(2)12(4)11(3)9-13/h5,8-9H,1,6-7H2,2-4H3. The molecule has 0 aliphatic rings. The molecule has 0 aromatic heterocycles. The van der Waals surface area contributed by atoms with E-state index in [2.05, 4.69) is 39.5 Å². The minimum atomic E-state index is 1.07. The monoisotopic (exact) mass is 174 g/mol. The molecule has 0 saturated heterocycles. The summed E-state index contributed by atoms with van der Waals surface area (Å²) in [6, 6.07) is 4.57. The molecule has 0 heterocycles. The SMILES string of the molecule is C=CCCc1cc(C)c(C)c(C)c1. The first-order valence-corrected chi connectivity index (χ1v) is 4.82. The average molecular weight is 174 g/mol. The van der Waals surface area contributed by atoms with Crippen LogP contribution in [-0.2, 0) is 6.42 Å². The molecule has 0 atom stereocenters. The van der Waals surface area contributed by atoms with E-state index in [0.29, 0.717) is 0 Å². The Kier molecular flexibility index (Phi) is 3.30. The molecule has 0 amide bonds. The van der Waals surface area contributed by atoms with Crippen LogP contribution in [0.2, 0.25) is 0 Å². The first-order chi connectivity index (χ1) is 6.15. The number of hydrogen-bond acceptors (Lipinski definition) is 0. The predicted molar refractivity (Wildman–Crippen MR) is 59.2 cm³/mol. The highest BCUT2D eigenvalue weighted by Crippen LogP contribution is 2.16. The van der Waals surface area contributed by atoms with Gasteiger partial charge >= 0.3 is 0 Å². The molecule has 70 valence electrons. The van der Waals surface area contributed by atoms with E-state index in [9.17, 15) is 0 Å². The Morgan fingerprint density at radius 2 is 1.69 bits per heavy atom. The van der Waals surface area contributed by atoms with E-state index in [1.54, 1.807) is 0 Å². The van der Waals surface area contributed by atoms with Gasteiger partial charge in [-0.25, -0.2) is 0 Å². The van der Waals surface area contributed by atoms with E-state index in [1.807, 2.05) is 6.08 Å². The van der Waals surface area contributed by atoms with Crippen molar-refractivity contribution < 1.29 is 0 Å². The average Bonchev–Trinajstić information content (AvgIpc) is 2.10. The Morgan fingerprint density at radius 3 is 2.15 bits per heavy atom. The number of benzene rings is 1. The van der Waals surface area contributed by atoms with Gasteiger partial charge < -0.3 is 0 Å². The summed E-state index contributed by atoms with van der Waals surface area (Å²) >= 11 is 0. The van der Waals surface area contributed by atoms with Crippen LogP contribution in [0.3, 0.4) is 0 Å². The molecule has 0 radical (unpaired) electrons. The van der Waals surface area contributed by atoms with Crippen molar-refractivity contribution in [3.63, 3.8) is 0 Å². The van der Waals surface area contributed by atoms with E-state index >= 15 is 0 Å². The molecule has 0 bridgehead atoms. The molecule has 0 nitrogen and oxygen atoms in total. The van der Waals surface area contributed by atoms with E-state index in [1.165, 1.54) is 22.3 Å². The van der Waals surface area contributed by atoms with Gasteiger partial charge in [0.05, 0.1) is 0 Å². The Bertz CT molecular complexity index is 285. The summed E-state index contributed by atoms with van der Waals surface area (Å²) in [5, 5.41) is 0. The van der Waals surface area contributed by atoms with Gasteiger partial charge in [-0.2, -0.15) is 0 Å². The molecule has 0 N–H and O–H groups in total. The lowest BCUT2D eigenvalue weighted by molar-refractivity contribution is 0.994. The fraction of sp³-hybridized carbons (Fsp3) is 0.385. The van der Waals surface area contributed by atoms with Crippen LogP contribution in [-0.4, -0.2) is 0 Å². The van der Waals surface area contributed by atoms with Crippen molar-refractivity contribution in [3.8, 4) is 0 Å². The zero-order valence-electron chi connectivity index (χ0n) is 8.85. The predicted octanol–water partition coefficient (Wildman–Crippen LogP) is 3.73. The summed E-state index contributed by atoms with van der Waals surface area (Å²) in [4.78, 5) is 0. The minimum Gasteiger partial charge on any atom is -0.103 e. The Morgan fingerprint density at radius 1 is 1.15 bits per heavy atom. The summed E-state index contributed by atoms with van der Waals surface area (Å²) in [7, 11) is 0. The zero-order chi connectivity index (χ0) is 9.84. The van der Waals surface area contributed by atoms with Crippen LogP contribution < -0.4 is 0 Å². The molecule has 1 rings (SSSR count). The van der Waals surface area contributed by atoms with Gasteiger partial charge in [0.15, 0.2) is 0 Å². The fourth-order valence-electron chi connectivity index (χ4n) is 1.54. The molecule has 0 heteroatoms. The van der Waals surface area contributed by atoms with Gasteiger partial charge in [0.25, 0.3) is 0 Å². The molecule has 0 aliphatic carbocycles. The van der Waals surface area contributed by atoms with Crippen LogP contribution in [0, 0.1) is 20.8 Å². The lowest BCUT2D eigenvalue weighted by atomic mass is 9.98. The summed E-state index contributed by atoms with van der Waals surface area (Å²) in [6.07, 6.45) is 4.16. The van der Waals surface area contributed by atoms with Crippen molar-refractivity contribution >= 4 is 0 Å². The maximum atomic E-state index is 3.74. The summed E-state index contributed by atoms with van der Waals surface area (Å²) < 4.78 is 0. The molecule has 1 aromatic carbocycles. The number of rotatable bonds is 3. The normalized spacial score (nSPS) is 10.1. The number of hydrogen-bond donors (Lipinski definition) is 0. The topological polar surface area (TPSA) is 0 Å². The van der Waals surface area contributed by atoms with Gasteiger partial charge in [-0.3, -0.25) is 0 Å². The van der Waals surface area contributed by atoms with E-state index in [0.717, 1.165) is 12.8 Å². The van der Waals surface area contributed by atoms with Crippen molar-refractivity contribution in [2.75, 3.05) is 0 Å². The van der Waals surface area contributed by atoms with E-state index in [-0.39, 0.29) is 0 Å². The highest BCUT2D eigenvalue weighted by molar-refractivity contribution is 5.36. The molecule has 0 saturated carbocycles. The second-order valence-electron chi connectivity index (χ2n) is 3.68. The molecule has 13 heavy (non-hydrogen) atoms. The first-order valence-electron chi connectivity index (χ1n) is 4.82. The minimum absolute atomic E-state index is 1.07. The third kappa shape index (κ3) is 2.45. The molecule has 0 spiro atoms. The number of allylic oxidation sites excluding steroid dienone is 1. The molecule has 0 fully saturated rings. The van der Waals surface area contributed by atoms with E-state index in [4.69, 9.17) is 0 Å². The molecule has 0 unspecified atom stereocenters. The van der Waals surface area contributed by atoms with Gasteiger partial charge in [-0.05, 0) is 55.9 Å². The molecule has 1 aromatic rings. The fourth-order valence-corrected chi connectivity index (χ4v) is 1.54. The second kappa shape index (κ2) is 4.27. The van der Waals surface area contributed by atoms with Gasteiger partial charge in [-0.1, -0.05) is 18.2 Å². The Balaban J connectivity index is 2.92. The maximum Gasteiger partial charge on any atom is -0.0244 e. The van der Waals surface area contributed by atoms with Gasteiger partial charge in [-0.15, -0.1) is 6.58 Å². The lowest BCUT2D eigenvalue weighted by Gasteiger charge is -2.07. The van der Waals surface area contributed by atoms with E-state index < -0.39 is 0 Å². The Labute approximate surface area is 81.3 Å². The highest BCUT2D eigenvalue weighted by Gasteiger charge is 1.99. The largest absolute Gasteiger partial charge is 0.103 e. The summed E-state index contributed by atoms with van der Waals surface area (Å²) in [5.74, 6) is 0. The summed E-state index contributed by atoms with van der Waals surface area (Å²) in [5.41, 5.74) is 5.65. The third-order valence-electron chi connectivity index (χ3n) is 2.62. The Hall–Kier alpha value is -1.04. The van der Waals surface area contributed by atoms with Crippen LogP contribution in [0.1, 0.15) is 28.7 Å². The van der Waals surface area contributed by atoms with Crippen molar-refractivity contribution in [1.29, 1.82) is 0 Å². The highest BCUT2D eigenvalue weighted by atomic mass is 14.0. The van der Waals surface area contributed by atoms with Gasteiger partial charge in [0.2, 0.25) is 0 Å². The third-order valence-corrected chi connectivity index (χ3v) is 2.62. The smallest absolute Gasteiger partial charge is 0.0244 e. The van der Waals surface area contributed by atoms with Crippen molar-refractivity contribution in [3.05, 3.63) is 47.0 Å². The van der Waals surface area contributed by atoms with Gasteiger partial charge in [0.1, 0.15) is 0 Å². The van der Waals surface area contributed by atoms with Crippen LogP contribution in [0.15, 0.2) is 24.8 Å². The molecule has 0 aliphatic heterocycles. The van der Waals surface area contributed by atoms with Crippen molar-refractivity contribution in [2.45, 2.75) is 33.6 Å². The quantitative estimate of drug-likeness (QED) is 0.612. The van der Waals surface area contributed by atoms with Crippen LogP contribution in [0.4, 0.5) is 0 Å². The lowest BCUT2D eigenvalue weighted by Crippen LogP contribution is -1.91. The zero-order valence-corrected chi connectivity index (χ0v) is 8.85. The van der Waals surface area contributed by atoms with Crippen molar-refractivity contribution in [2.24, 2.45) is 0 Å². The van der Waals surface area contributed by atoms with Crippen LogP contribution in [0.5, 0.6) is 0 Å². The second-order valence-corrected chi connectivity index (χ2v) is 3.68. The molecular weight excluding hydrogens is 156 g/mol. The van der Waals surface area contributed by atoms with Crippen LogP contribution in [0.25, 0.3) is 0 Å². The number of aryl methyl sites for hydroxylation is 3. The van der Waals surface area contributed by atoms with Crippen molar-refractivity contribution in [1.82, 2.24) is 0 Å².